The van der Waals surface area contributed by atoms with Gasteiger partial charge in [0.05, 0.1) is 12.0 Å². The number of aryl methyl sites for hydroxylation is 1. The zero-order valence-corrected chi connectivity index (χ0v) is 16.3. The van der Waals surface area contributed by atoms with Crippen molar-refractivity contribution in [1.82, 2.24) is 5.32 Å². The number of rotatable bonds is 6. The lowest BCUT2D eigenvalue weighted by Crippen LogP contribution is -2.42. The topological polar surface area (TPSA) is 58.6 Å². The van der Waals surface area contributed by atoms with Gasteiger partial charge in [-0.25, -0.2) is 0 Å². The minimum atomic E-state index is -0.622. The molecule has 27 heavy (non-hydrogen) atoms. The largest absolute Gasteiger partial charge is 0.494 e. The Morgan fingerprint density at radius 3 is 2.67 bits per heavy atom. The third-order valence-electron chi connectivity index (χ3n) is 4.95. The third kappa shape index (κ3) is 3.68. The predicted molar refractivity (Wildman–Crippen MR) is 106 cm³/mol. The average Bonchev–Trinajstić information content (AvgIpc) is 2.82. The molecular weight excluding hydrogens is 340 g/mol. The quantitative estimate of drug-likeness (QED) is 0.853. The van der Waals surface area contributed by atoms with Gasteiger partial charge >= 0.3 is 0 Å². The summed E-state index contributed by atoms with van der Waals surface area (Å²) >= 11 is 0. The van der Waals surface area contributed by atoms with Gasteiger partial charge in [0.25, 0.3) is 0 Å². The maximum Gasteiger partial charge on any atom is 0.240 e. The summed E-state index contributed by atoms with van der Waals surface area (Å²) in [5.74, 6) is 0.520. The number of fused-ring (bicyclic) bond motifs is 1. The third-order valence-corrected chi connectivity index (χ3v) is 4.95. The fraction of sp³-hybridized carbons (Fsp3) is 0.364. The zero-order chi connectivity index (χ0) is 19.6. The van der Waals surface area contributed by atoms with Crippen LogP contribution >= 0.6 is 0 Å². The summed E-state index contributed by atoms with van der Waals surface area (Å²) in [5.41, 5.74) is 3.19. The molecule has 0 spiro atoms. The maximum atomic E-state index is 12.9. The SMILES string of the molecule is CCOc1ccccc1CNC(=O)CN1C(=O)C(C)(C)c2cc(C)ccc21. The molecular formula is C22H26N2O3. The fourth-order valence-electron chi connectivity index (χ4n) is 3.44. The van der Waals surface area contributed by atoms with E-state index in [2.05, 4.69) is 5.32 Å². The Bertz CT molecular complexity index is 874. The maximum absolute atomic E-state index is 12.9. The molecule has 0 aliphatic carbocycles. The lowest BCUT2D eigenvalue weighted by Gasteiger charge is -2.20. The Balaban J connectivity index is 1.71. The van der Waals surface area contributed by atoms with Crippen molar-refractivity contribution in [3.8, 4) is 5.75 Å². The number of hydrogen-bond acceptors (Lipinski definition) is 3. The van der Waals surface area contributed by atoms with Crippen LogP contribution in [-0.2, 0) is 21.5 Å². The highest BCUT2D eigenvalue weighted by Crippen LogP contribution is 2.41. The first-order valence-corrected chi connectivity index (χ1v) is 9.25. The van der Waals surface area contributed by atoms with E-state index in [1.54, 1.807) is 4.90 Å². The highest BCUT2D eigenvalue weighted by molar-refractivity contribution is 6.10. The standard InChI is InChI=1S/C22H26N2O3/c1-5-27-19-9-7-6-8-16(19)13-23-20(25)14-24-18-11-10-15(2)12-17(18)22(3,4)21(24)26/h6-12H,5,13-14H2,1-4H3,(H,23,25). The molecule has 0 atom stereocenters. The van der Waals surface area contributed by atoms with Gasteiger partial charge in [-0.2, -0.15) is 0 Å². The Morgan fingerprint density at radius 1 is 1.19 bits per heavy atom. The molecule has 1 heterocycles. The van der Waals surface area contributed by atoms with Gasteiger partial charge in [0.2, 0.25) is 11.8 Å². The highest BCUT2D eigenvalue weighted by atomic mass is 16.5. The van der Waals surface area contributed by atoms with Crippen molar-refractivity contribution in [3.05, 3.63) is 59.2 Å². The molecule has 5 nitrogen and oxygen atoms in total. The smallest absolute Gasteiger partial charge is 0.240 e. The van der Waals surface area contributed by atoms with Gasteiger partial charge in [0, 0.05) is 17.8 Å². The Hall–Kier alpha value is -2.82. The van der Waals surface area contributed by atoms with E-state index in [-0.39, 0.29) is 18.4 Å². The van der Waals surface area contributed by atoms with E-state index >= 15 is 0 Å². The Kier molecular flexibility index (Phi) is 5.22. The molecule has 2 amide bonds. The molecule has 142 valence electrons. The predicted octanol–water partition coefficient (Wildman–Crippen LogP) is 3.33. The van der Waals surface area contributed by atoms with E-state index in [1.807, 2.05) is 70.2 Å². The summed E-state index contributed by atoms with van der Waals surface area (Å²) in [7, 11) is 0. The van der Waals surface area contributed by atoms with Gasteiger partial charge in [0.15, 0.2) is 0 Å². The minimum absolute atomic E-state index is 0.00905. The molecule has 2 aromatic carbocycles. The number of nitrogens with one attached hydrogen (secondary N) is 1. The lowest BCUT2D eigenvalue weighted by molar-refractivity contribution is -0.125. The fourth-order valence-corrected chi connectivity index (χ4v) is 3.44. The van der Waals surface area contributed by atoms with Gasteiger partial charge in [-0.3, -0.25) is 9.59 Å². The first kappa shape index (κ1) is 19.0. The number of nitrogens with zero attached hydrogens (tertiary/aromatic N) is 1. The van der Waals surface area contributed by atoms with Gasteiger partial charge in [-0.15, -0.1) is 0 Å². The van der Waals surface area contributed by atoms with E-state index in [0.717, 1.165) is 28.1 Å². The van der Waals surface area contributed by atoms with Crippen LogP contribution in [0.1, 0.15) is 37.5 Å². The summed E-state index contributed by atoms with van der Waals surface area (Å²) in [4.78, 5) is 27.0. The van der Waals surface area contributed by atoms with Gasteiger partial charge in [-0.05, 0) is 45.4 Å². The van der Waals surface area contributed by atoms with Crippen LogP contribution in [0.15, 0.2) is 42.5 Å². The average molecular weight is 366 g/mol. The summed E-state index contributed by atoms with van der Waals surface area (Å²) in [5, 5.41) is 2.90. The molecule has 5 heteroatoms. The molecule has 0 unspecified atom stereocenters. The zero-order valence-electron chi connectivity index (χ0n) is 16.3. The van der Waals surface area contributed by atoms with Crippen LogP contribution in [0.5, 0.6) is 5.75 Å². The molecule has 0 aromatic heterocycles. The Labute approximate surface area is 160 Å². The summed E-state index contributed by atoms with van der Waals surface area (Å²) < 4.78 is 5.59. The monoisotopic (exact) mass is 366 g/mol. The van der Waals surface area contributed by atoms with Crippen LogP contribution in [0.2, 0.25) is 0 Å². The van der Waals surface area contributed by atoms with Crippen molar-refractivity contribution in [2.75, 3.05) is 18.1 Å². The lowest BCUT2D eigenvalue weighted by atomic mass is 9.85. The van der Waals surface area contributed by atoms with Crippen LogP contribution < -0.4 is 15.0 Å². The summed E-state index contributed by atoms with van der Waals surface area (Å²) in [6, 6.07) is 13.5. The van der Waals surface area contributed by atoms with Gasteiger partial charge < -0.3 is 15.0 Å². The normalized spacial score (nSPS) is 14.8. The molecule has 1 aliphatic rings. The van der Waals surface area contributed by atoms with E-state index in [1.165, 1.54) is 0 Å². The molecule has 0 radical (unpaired) electrons. The van der Waals surface area contributed by atoms with Crippen LogP contribution in [0.25, 0.3) is 0 Å². The molecule has 1 N–H and O–H groups in total. The van der Waals surface area contributed by atoms with Crippen molar-refractivity contribution in [2.24, 2.45) is 0 Å². The molecule has 2 aromatic rings. The van der Waals surface area contributed by atoms with Crippen LogP contribution in [0.3, 0.4) is 0 Å². The van der Waals surface area contributed by atoms with Crippen LogP contribution in [-0.4, -0.2) is 25.0 Å². The molecule has 0 saturated heterocycles. The molecule has 0 bridgehead atoms. The van der Waals surface area contributed by atoms with Crippen LogP contribution in [0, 0.1) is 6.92 Å². The number of carbonyl (C=O) groups is 2. The number of amides is 2. The number of carbonyl (C=O) groups excluding carboxylic acids is 2. The van der Waals surface area contributed by atoms with E-state index in [4.69, 9.17) is 4.74 Å². The number of ether oxygens (including phenoxy) is 1. The first-order valence-electron chi connectivity index (χ1n) is 9.25. The van der Waals surface area contributed by atoms with E-state index < -0.39 is 5.41 Å². The van der Waals surface area contributed by atoms with E-state index in [0.29, 0.717) is 13.2 Å². The van der Waals surface area contributed by atoms with Crippen molar-refractivity contribution < 1.29 is 14.3 Å². The second-order valence-corrected chi connectivity index (χ2v) is 7.35. The van der Waals surface area contributed by atoms with Crippen molar-refractivity contribution in [1.29, 1.82) is 0 Å². The number of benzene rings is 2. The Morgan fingerprint density at radius 2 is 1.93 bits per heavy atom. The number of anilines is 1. The number of para-hydroxylation sites is 1. The van der Waals surface area contributed by atoms with Crippen LogP contribution in [0.4, 0.5) is 5.69 Å². The molecule has 1 aliphatic heterocycles. The van der Waals surface area contributed by atoms with Gasteiger partial charge in [-0.1, -0.05) is 35.9 Å². The van der Waals surface area contributed by atoms with E-state index in [9.17, 15) is 9.59 Å². The second kappa shape index (κ2) is 7.43. The summed E-state index contributed by atoms with van der Waals surface area (Å²) in [6.07, 6.45) is 0. The molecule has 3 rings (SSSR count). The molecule has 0 saturated carbocycles. The first-order chi connectivity index (χ1) is 12.8. The van der Waals surface area contributed by atoms with Crippen molar-refractivity contribution >= 4 is 17.5 Å². The summed E-state index contributed by atoms with van der Waals surface area (Å²) in [6.45, 7) is 8.68. The minimum Gasteiger partial charge on any atom is -0.494 e. The van der Waals surface area contributed by atoms with Gasteiger partial charge in [0.1, 0.15) is 12.3 Å². The number of hydrogen-bond donors (Lipinski definition) is 1. The van der Waals surface area contributed by atoms with Crippen molar-refractivity contribution in [2.45, 2.75) is 39.7 Å². The van der Waals surface area contributed by atoms with Crippen molar-refractivity contribution in [3.63, 3.8) is 0 Å². The molecule has 0 fully saturated rings. The second-order valence-electron chi connectivity index (χ2n) is 7.35. The highest BCUT2D eigenvalue weighted by Gasteiger charge is 2.44.